The fourth-order valence-electron chi connectivity index (χ4n) is 3.54. The Morgan fingerprint density at radius 1 is 1.24 bits per heavy atom. The zero-order valence-electron chi connectivity index (χ0n) is 15.4. The van der Waals surface area contributed by atoms with Gasteiger partial charge in [-0.3, -0.25) is 9.59 Å². The zero-order valence-corrected chi connectivity index (χ0v) is 15.4. The topological polar surface area (TPSA) is 94.8 Å². The van der Waals surface area contributed by atoms with Gasteiger partial charge in [-0.1, -0.05) is 51.2 Å². The summed E-state index contributed by atoms with van der Waals surface area (Å²) in [6.45, 7) is 2.09. The molecule has 0 heterocycles. The first-order valence-corrected chi connectivity index (χ1v) is 9.73. The molecule has 1 fully saturated rings. The number of carbonyl (C=O) groups is 2. The molecule has 0 bridgehead atoms. The van der Waals surface area contributed by atoms with Gasteiger partial charge in [0.1, 0.15) is 5.78 Å². The first kappa shape index (κ1) is 21.8. The van der Waals surface area contributed by atoms with Crippen molar-refractivity contribution >= 4 is 11.8 Å². The highest BCUT2D eigenvalue weighted by Gasteiger charge is 2.39. The molecule has 3 N–H and O–H groups in total. The Balaban J connectivity index is 2.37. The molecule has 1 aliphatic rings. The number of rotatable bonds is 13. The smallest absolute Gasteiger partial charge is 0.303 e. The Kier molecular flexibility index (Phi) is 10.7. The predicted octanol–water partition coefficient (Wildman–Crippen LogP) is 3.48. The third-order valence-electron chi connectivity index (χ3n) is 5.05. The quantitative estimate of drug-likeness (QED) is 0.348. The molecule has 1 aliphatic carbocycles. The van der Waals surface area contributed by atoms with Crippen LogP contribution in [0.4, 0.5) is 0 Å². The van der Waals surface area contributed by atoms with Crippen molar-refractivity contribution in [3.63, 3.8) is 0 Å². The SMILES string of the molecule is CCCCC(O)CC=CC1C(O)CC(=O)C1CCCCCCC(=O)O. The standard InChI is InChI=1S/C20H34O5/c1-2-3-9-15(21)10-8-12-17-16(18(22)14-19(17)23)11-6-4-5-7-13-20(24)25/h8,12,15-17,19,21,23H,2-7,9-11,13-14H2,1H3,(H,24,25). The van der Waals surface area contributed by atoms with Crippen molar-refractivity contribution in [1.82, 2.24) is 0 Å². The number of aliphatic carboxylic acids is 1. The summed E-state index contributed by atoms with van der Waals surface area (Å²) in [6.07, 6.45) is 10.8. The molecular formula is C20H34O5. The number of carbonyl (C=O) groups excluding carboxylic acids is 1. The van der Waals surface area contributed by atoms with E-state index in [4.69, 9.17) is 5.11 Å². The number of carboxylic acids is 1. The van der Waals surface area contributed by atoms with E-state index in [0.717, 1.165) is 44.9 Å². The van der Waals surface area contributed by atoms with E-state index in [-0.39, 0.29) is 36.6 Å². The second kappa shape index (κ2) is 12.2. The molecule has 0 saturated heterocycles. The van der Waals surface area contributed by atoms with Crippen LogP contribution in [-0.2, 0) is 9.59 Å². The summed E-state index contributed by atoms with van der Waals surface area (Å²) in [5.41, 5.74) is 0. The van der Waals surface area contributed by atoms with Crippen LogP contribution < -0.4 is 0 Å². The number of aliphatic hydroxyl groups is 2. The fraction of sp³-hybridized carbons (Fsp3) is 0.800. The average molecular weight is 354 g/mol. The Bertz CT molecular complexity index is 432. The minimum atomic E-state index is -0.764. The normalized spacial score (nSPS) is 24.9. The number of carboxylic acid groups (broad SMARTS) is 1. The van der Waals surface area contributed by atoms with Crippen molar-refractivity contribution in [2.24, 2.45) is 11.8 Å². The van der Waals surface area contributed by atoms with Gasteiger partial charge in [-0.25, -0.2) is 0 Å². The maximum atomic E-state index is 12.1. The molecule has 1 saturated carbocycles. The van der Waals surface area contributed by atoms with E-state index in [0.29, 0.717) is 12.8 Å². The Morgan fingerprint density at radius 3 is 2.64 bits per heavy atom. The summed E-state index contributed by atoms with van der Waals surface area (Å²) >= 11 is 0. The molecule has 25 heavy (non-hydrogen) atoms. The number of aliphatic hydroxyl groups excluding tert-OH is 2. The molecule has 0 aromatic rings. The highest BCUT2D eigenvalue weighted by molar-refractivity contribution is 5.84. The van der Waals surface area contributed by atoms with Crippen molar-refractivity contribution in [2.45, 2.75) is 89.8 Å². The van der Waals surface area contributed by atoms with E-state index in [1.54, 1.807) is 0 Å². The number of hydrogen-bond acceptors (Lipinski definition) is 4. The van der Waals surface area contributed by atoms with Crippen LogP contribution in [0.3, 0.4) is 0 Å². The van der Waals surface area contributed by atoms with Crippen molar-refractivity contribution in [2.75, 3.05) is 0 Å². The maximum absolute atomic E-state index is 12.1. The Morgan fingerprint density at radius 2 is 1.96 bits per heavy atom. The van der Waals surface area contributed by atoms with E-state index >= 15 is 0 Å². The third-order valence-corrected chi connectivity index (χ3v) is 5.05. The Hall–Kier alpha value is -1.20. The van der Waals surface area contributed by atoms with E-state index in [2.05, 4.69) is 6.92 Å². The number of unbranched alkanes of at least 4 members (excludes halogenated alkanes) is 4. The zero-order chi connectivity index (χ0) is 18.7. The van der Waals surface area contributed by atoms with Crippen LogP contribution in [0.2, 0.25) is 0 Å². The maximum Gasteiger partial charge on any atom is 0.303 e. The summed E-state index contributed by atoms with van der Waals surface area (Å²) in [5.74, 6) is -0.928. The van der Waals surface area contributed by atoms with Crippen LogP contribution >= 0.6 is 0 Å². The molecular weight excluding hydrogens is 320 g/mol. The Labute approximate surface area is 151 Å². The summed E-state index contributed by atoms with van der Waals surface area (Å²) in [6, 6.07) is 0. The van der Waals surface area contributed by atoms with Crippen molar-refractivity contribution < 1.29 is 24.9 Å². The van der Waals surface area contributed by atoms with Gasteiger partial charge in [0.2, 0.25) is 0 Å². The predicted molar refractivity (Wildman–Crippen MR) is 97.2 cm³/mol. The molecule has 0 aromatic heterocycles. The van der Waals surface area contributed by atoms with Crippen LogP contribution in [0.15, 0.2) is 12.2 Å². The van der Waals surface area contributed by atoms with E-state index < -0.39 is 12.1 Å². The third kappa shape index (κ3) is 8.63. The summed E-state index contributed by atoms with van der Waals surface area (Å²) in [4.78, 5) is 22.6. The van der Waals surface area contributed by atoms with E-state index in [1.807, 2.05) is 12.2 Å². The molecule has 5 nitrogen and oxygen atoms in total. The van der Waals surface area contributed by atoms with Crippen molar-refractivity contribution in [3.8, 4) is 0 Å². The molecule has 1 rings (SSSR count). The average Bonchev–Trinajstić information content (AvgIpc) is 2.82. The van der Waals surface area contributed by atoms with Gasteiger partial charge < -0.3 is 15.3 Å². The largest absolute Gasteiger partial charge is 0.481 e. The van der Waals surface area contributed by atoms with E-state index in [1.165, 1.54) is 0 Å². The van der Waals surface area contributed by atoms with Crippen molar-refractivity contribution in [3.05, 3.63) is 12.2 Å². The van der Waals surface area contributed by atoms with Gasteiger partial charge in [-0.15, -0.1) is 0 Å². The second-order valence-corrected chi connectivity index (χ2v) is 7.23. The minimum absolute atomic E-state index is 0.124. The monoisotopic (exact) mass is 354 g/mol. The highest BCUT2D eigenvalue weighted by Crippen LogP contribution is 2.34. The molecule has 0 spiro atoms. The van der Waals surface area contributed by atoms with Gasteiger partial charge in [-0.05, 0) is 25.7 Å². The lowest BCUT2D eigenvalue weighted by atomic mass is 9.88. The van der Waals surface area contributed by atoms with E-state index in [9.17, 15) is 19.8 Å². The molecule has 144 valence electrons. The van der Waals surface area contributed by atoms with Crippen LogP contribution in [0, 0.1) is 11.8 Å². The molecule has 4 unspecified atom stereocenters. The number of ketones is 1. The number of Topliss-reactive ketones (excluding diaryl/α,β-unsaturated/α-hetero) is 1. The lowest BCUT2D eigenvalue weighted by Gasteiger charge is -2.17. The van der Waals surface area contributed by atoms with Crippen LogP contribution in [-0.4, -0.2) is 39.3 Å². The molecule has 0 radical (unpaired) electrons. The van der Waals surface area contributed by atoms with Crippen LogP contribution in [0.1, 0.15) is 77.6 Å². The minimum Gasteiger partial charge on any atom is -0.481 e. The first-order chi connectivity index (χ1) is 12.0. The van der Waals surface area contributed by atoms with Gasteiger partial charge in [0.15, 0.2) is 0 Å². The molecule has 0 amide bonds. The van der Waals surface area contributed by atoms with Gasteiger partial charge in [0.05, 0.1) is 12.2 Å². The van der Waals surface area contributed by atoms with Gasteiger partial charge in [-0.2, -0.15) is 0 Å². The fourth-order valence-corrected chi connectivity index (χ4v) is 3.54. The molecule has 4 atom stereocenters. The van der Waals surface area contributed by atoms with Gasteiger partial charge in [0, 0.05) is 24.7 Å². The lowest BCUT2D eigenvalue weighted by Crippen LogP contribution is -2.18. The first-order valence-electron chi connectivity index (χ1n) is 9.73. The summed E-state index contributed by atoms with van der Waals surface area (Å²) < 4.78 is 0. The molecule has 5 heteroatoms. The lowest BCUT2D eigenvalue weighted by molar-refractivity contribution is -0.137. The van der Waals surface area contributed by atoms with Crippen molar-refractivity contribution in [1.29, 1.82) is 0 Å². The summed E-state index contributed by atoms with van der Waals surface area (Å²) in [5, 5.41) is 28.6. The van der Waals surface area contributed by atoms with Gasteiger partial charge >= 0.3 is 5.97 Å². The molecule has 0 aliphatic heterocycles. The highest BCUT2D eigenvalue weighted by atomic mass is 16.4. The second-order valence-electron chi connectivity index (χ2n) is 7.23. The summed E-state index contributed by atoms with van der Waals surface area (Å²) in [7, 11) is 0. The van der Waals surface area contributed by atoms with Gasteiger partial charge in [0.25, 0.3) is 0 Å². The van der Waals surface area contributed by atoms with Crippen LogP contribution in [0.5, 0.6) is 0 Å². The van der Waals surface area contributed by atoms with Crippen LogP contribution in [0.25, 0.3) is 0 Å². The number of hydrogen-bond donors (Lipinski definition) is 3. The molecule has 0 aromatic carbocycles.